The molecule has 2 aromatic carbocycles. The van der Waals surface area contributed by atoms with Crippen LogP contribution in [0.4, 0.5) is 4.79 Å². The molecule has 3 heterocycles. The van der Waals surface area contributed by atoms with Crippen LogP contribution in [0.15, 0.2) is 50.7 Å². The molecule has 1 N–H and O–H groups in total. The molecule has 6 heteroatoms. The number of thioether (sulfide) groups is 1. The molecule has 3 aliphatic heterocycles. The molecule has 2 amide bonds. The summed E-state index contributed by atoms with van der Waals surface area (Å²) < 4.78 is 4.02. The van der Waals surface area contributed by atoms with Gasteiger partial charge in [-0.15, -0.1) is 0 Å². The summed E-state index contributed by atoms with van der Waals surface area (Å²) >= 11 is -1.49. The van der Waals surface area contributed by atoms with Gasteiger partial charge in [-0.2, -0.15) is 0 Å². The summed E-state index contributed by atoms with van der Waals surface area (Å²) in [6, 6.07) is 16.2. The standard InChI is InChI=1S/C20H11N2O2S.In/c21-13-15-10-8-14(9-11-15)4-3-7-16-5-1-2-6-17(16)12-18-19(23)22-20(24)25-18;/h1-2,6-11H,4H2,(H,22,23,24);. The normalized spacial score (nSPS) is 19.7. The van der Waals surface area contributed by atoms with E-state index in [1.807, 2.05) is 24.3 Å². The van der Waals surface area contributed by atoms with Crippen LogP contribution in [0.2, 0.25) is 0 Å². The molecule has 0 unspecified atom stereocenters. The van der Waals surface area contributed by atoms with Crippen molar-refractivity contribution in [1.82, 2.24) is 5.32 Å². The van der Waals surface area contributed by atoms with Gasteiger partial charge in [0.05, 0.1) is 0 Å². The average Bonchev–Trinajstić information content (AvgIpc) is 3.21. The molecule has 4 bridgehead atoms. The van der Waals surface area contributed by atoms with Crippen LogP contribution in [0.3, 0.4) is 0 Å². The zero-order chi connectivity index (χ0) is 17.8. The van der Waals surface area contributed by atoms with E-state index in [0.29, 0.717) is 10.5 Å². The van der Waals surface area contributed by atoms with Gasteiger partial charge >= 0.3 is 163 Å². The Labute approximate surface area is 162 Å². The molecule has 122 valence electrons. The number of imide groups is 1. The maximum absolute atomic E-state index is 12.3. The van der Waals surface area contributed by atoms with Gasteiger partial charge in [-0.05, 0) is 0 Å². The minimum absolute atomic E-state index is 0.246. The number of amides is 2. The molecule has 0 aliphatic carbocycles. The van der Waals surface area contributed by atoms with E-state index in [9.17, 15) is 9.59 Å². The van der Waals surface area contributed by atoms with E-state index in [2.05, 4.69) is 35.7 Å². The second-order valence-corrected chi connectivity index (χ2v) is 15.5. The Kier molecular flexibility index (Phi) is 3.63. The number of carbonyl (C=O) groups is 2. The Bertz CT molecular complexity index is 1110. The van der Waals surface area contributed by atoms with E-state index >= 15 is 0 Å². The van der Waals surface area contributed by atoms with E-state index in [0.717, 1.165) is 23.7 Å². The summed E-state index contributed by atoms with van der Waals surface area (Å²) in [4.78, 5) is 24.6. The van der Waals surface area contributed by atoms with Crippen LogP contribution >= 0.6 is 11.8 Å². The van der Waals surface area contributed by atoms with Gasteiger partial charge in [0.2, 0.25) is 0 Å². The average molecular weight is 458 g/mol. The van der Waals surface area contributed by atoms with E-state index in [4.69, 9.17) is 5.26 Å². The molecule has 5 rings (SSSR count). The summed E-state index contributed by atoms with van der Waals surface area (Å²) in [5.41, 5.74) is 4.25. The second-order valence-electron chi connectivity index (χ2n) is 6.53. The summed E-state index contributed by atoms with van der Waals surface area (Å²) in [6.07, 6.45) is 3.14. The van der Waals surface area contributed by atoms with Crippen LogP contribution in [0, 0.1) is 11.3 Å². The number of nitrogens with one attached hydrogen (secondary N) is 1. The van der Waals surface area contributed by atoms with Crippen molar-refractivity contribution >= 4 is 57.1 Å². The van der Waals surface area contributed by atoms with Gasteiger partial charge in [-0.3, -0.25) is 0 Å². The third kappa shape index (κ3) is 2.31. The van der Waals surface area contributed by atoms with Gasteiger partial charge in [0.1, 0.15) is 0 Å². The quantitative estimate of drug-likeness (QED) is 0.703. The van der Waals surface area contributed by atoms with Crippen molar-refractivity contribution in [1.29, 1.82) is 5.26 Å². The summed E-state index contributed by atoms with van der Waals surface area (Å²) in [7, 11) is 0. The van der Waals surface area contributed by atoms with Crippen LogP contribution in [0.1, 0.15) is 22.3 Å². The molecule has 1 fully saturated rings. The number of hydrogen-bond acceptors (Lipinski definition) is 4. The number of nitriles is 1. The van der Waals surface area contributed by atoms with Gasteiger partial charge in [0.15, 0.2) is 0 Å². The van der Waals surface area contributed by atoms with Gasteiger partial charge in [-0.25, -0.2) is 0 Å². The molecule has 1 saturated heterocycles. The Morgan fingerprint density at radius 2 is 1.92 bits per heavy atom. The van der Waals surface area contributed by atoms with E-state index < -0.39 is 21.4 Å². The first-order valence-corrected chi connectivity index (χ1v) is 14.0. The van der Waals surface area contributed by atoms with Gasteiger partial charge in [0, 0.05) is 0 Å². The zero-order valence-electron chi connectivity index (χ0n) is 13.6. The van der Waals surface area contributed by atoms with E-state index in [-0.39, 0.29) is 11.1 Å². The van der Waals surface area contributed by atoms with E-state index in [1.165, 1.54) is 21.1 Å². The topological polar surface area (TPSA) is 70.0 Å². The maximum atomic E-state index is 12.3. The number of benzene rings is 2. The predicted octanol–water partition coefficient (Wildman–Crippen LogP) is 2.69. The molecule has 4 nitrogen and oxygen atoms in total. The van der Waals surface area contributed by atoms with Crippen molar-refractivity contribution in [2.75, 3.05) is 0 Å². The van der Waals surface area contributed by atoms with Crippen LogP contribution in [0.25, 0.3) is 9.41 Å². The predicted molar refractivity (Wildman–Crippen MR) is 103 cm³/mol. The van der Waals surface area contributed by atoms with E-state index in [1.54, 1.807) is 0 Å². The monoisotopic (exact) mass is 458 g/mol. The van der Waals surface area contributed by atoms with Gasteiger partial charge < -0.3 is 0 Å². The molecule has 3 aliphatic rings. The number of rotatable bonds is 2. The third-order valence-electron chi connectivity index (χ3n) is 5.08. The molecule has 0 spiro atoms. The summed E-state index contributed by atoms with van der Waals surface area (Å²) in [5, 5.41) is 11.1. The molecule has 0 radical (unpaired) electrons. The van der Waals surface area contributed by atoms with Gasteiger partial charge in [0.25, 0.3) is 0 Å². The Morgan fingerprint density at radius 3 is 2.58 bits per heavy atom. The van der Waals surface area contributed by atoms with Crippen molar-refractivity contribution in [3.8, 4) is 6.07 Å². The molecule has 0 atom stereocenters. The molecule has 0 saturated carbocycles. The Morgan fingerprint density at radius 1 is 1.12 bits per heavy atom. The number of carbonyl (C=O) groups excluding carboxylic acids is 2. The Balaban J connectivity index is 1.57. The first kappa shape index (κ1) is 16.0. The number of allylic oxidation sites excluding steroid dienone is 1. The molecule has 26 heavy (non-hydrogen) atoms. The van der Waals surface area contributed by atoms with Crippen molar-refractivity contribution < 1.29 is 9.59 Å². The summed E-state index contributed by atoms with van der Waals surface area (Å²) in [5.74, 6) is -0.246. The second kappa shape index (κ2) is 5.90. The summed E-state index contributed by atoms with van der Waals surface area (Å²) in [6.45, 7) is 0. The first-order chi connectivity index (χ1) is 12.7. The van der Waals surface area contributed by atoms with Crippen LogP contribution in [-0.2, 0) is 11.2 Å². The van der Waals surface area contributed by atoms with Crippen LogP contribution in [-0.4, -0.2) is 32.6 Å². The molecular weight excluding hydrogens is 447 g/mol. The van der Waals surface area contributed by atoms with Crippen LogP contribution < -0.4 is 8.64 Å². The molecule has 2 aromatic rings. The number of hydrogen-bond donors (Lipinski definition) is 1. The third-order valence-corrected chi connectivity index (χ3v) is 16.3. The van der Waals surface area contributed by atoms with Crippen molar-refractivity contribution in [3.05, 3.63) is 73.0 Å². The first-order valence-electron chi connectivity index (χ1n) is 8.26. The molecular formula is C20H11InN2O2S. The van der Waals surface area contributed by atoms with Crippen molar-refractivity contribution in [2.24, 2.45) is 0 Å². The van der Waals surface area contributed by atoms with Gasteiger partial charge in [-0.1, -0.05) is 0 Å². The fourth-order valence-electron chi connectivity index (χ4n) is 4.03. The molecule has 0 aromatic heterocycles. The Hall–Kier alpha value is -2.23. The SMILES string of the molecule is N#Cc1ccc(C[C]2=Cc3c4ccc[c]3[In]2/[C]4=C2\SC(=O)NC2=O)cc1. The fourth-order valence-corrected chi connectivity index (χ4v) is 16.5. The van der Waals surface area contributed by atoms with Crippen LogP contribution in [0.5, 0.6) is 0 Å². The number of nitrogens with zero attached hydrogens (tertiary/aromatic N) is 1. The van der Waals surface area contributed by atoms with Crippen molar-refractivity contribution in [2.45, 2.75) is 6.42 Å². The zero-order valence-corrected chi connectivity index (χ0v) is 17.7. The van der Waals surface area contributed by atoms with Crippen molar-refractivity contribution in [3.63, 3.8) is 0 Å². The fraction of sp³-hybridized carbons (Fsp3) is 0.0500. The minimum atomic E-state index is -2.54.